The Hall–Kier alpha value is 0. The molecule has 0 aromatic carbocycles. The molecule has 0 saturated heterocycles. The molecule has 0 unspecified atom stereocenters. The van der Waals surface area contributed by atoms with Crippen LogP contribution in [0.2, 0.25) is 0 Å². The largest absolute Gasteiger partial charge is 0.0628 e. The van der Waals surface area contributed by atoms with Gasteiger partial charge in [0.15, 0.2) is 0 Å². The molecular weight excluding hydrogens is 144 g/mol. The van der Waals surface area contributed by atoms with Crippen LogP contribution in [0, 0.1) is 30.1 Å². The molecule has 0 fully saturated rings. The van der Waals surface area contributed by atoms with Gasteiger partial charge >= 0.3 is 0 Å². The van der Waals surface area contributed by atoms with Crippen molar-refractivity contribution in [2.45, 2.75) is 48.0 Å². The predicted molar refractivity (Wildman–Crippen MR) is 56.9 cm³/mol. The van der Waals surface area contributed by atoms with Crippen molar-refractivity contribution in [3.8, 4) is 0 Å². The van der Waals surface area contributed by atoms with Gasteiger partial charge < -0.3 is 0 Å². The molecule has 0 spiro atoms. The van der Waals surface area contributed by atoms with Gasteiger partial charge in [0.05, 0.1) is 0 Å². The quantitative estimate of drug-likeness (QED) is 0.592. The summed E-state index contributed by atoms with van der Waals surface area (Å²) in [4.78, 5) is 0. The second kappa shape index (κ2) is 4.30. The van der Waals surface area contributed by atoms with Crippen LogP contribution in [0.5, 0.6) is 0 Å². The molecule has 0 N–H and O–H groups in total. The molecule has 0 amide bonds. The van der Waals surface area contributed by atoms with Gasteiger partial charge in [-0.25, -0.2) is 0 Å². The summed E-state index contributed by atoms with van der Waals surface area (Å²) in [5.74, 6) is 2.12. The Morgan fingerprint density at radius 1 is 0.917 bits per heavy atom. The Balaban J connectivity index is 4.40. The molecule has 1 radical (unpaired) electrons. The van der Waals surface area contributed by atoms with E-state index >= 15 is 0 Å². The van der Waals surface area contributed by atoms with E-state index in [9.17, 15) is 0 Å². The van der Waals surface area contributed by atoms with Gasteiger partial charge in [-0.05, 0) is 36.5 Å². The molecule has 12 heavy (non-hydrogen) atoms. The molecule has 0 atom stereocenters. The first-order valence-corrected chi connectivity index (χ1v) is 5.16. The summed E-state index contributed by atoms with van der Waals surface area (Å²) in [5, 5.41) is 0. The predicted octanol–water partition coefficient (Wildman–Crippen LogP) is 4.16. The highest BCUT2D eigenvalue weighted by Crippen LogP contribution is 2.40. The smallest absolute Gasteiger partial charge is 0.0249 e. The molecule has 0 saturated carbocycles. The van der Waals surface area contributed by atoms with Crippen LogP contribution in [-0.2, 0) is 0 Å². The van der Waals surface area contributed by atoms with E-state index in [1.54, 1.807) is 0 Å². The summed E-state index contributed by atoms with van der Waals surface area (Å²) in [5.41, 5.74) is 0.272. The summed E-state index contributed by atoms with van der Waals surface area (Å²) in [6, 6.07) is 0. The van der Waals surface area contributed by atoms with Gasteiger partial charge in [0.1, 0.15) is 0 Å². The van der Waals surface area contributed by atoms with E-state index in [0.29, 0.717) is 11.8 Å². The van der Waals surface area contributed by atoms with Crippen molar-refractivity contribution in [2.24, 2.45) is 23.2 Å². The van der Waals surface area contributed by atoms with Crippen LogP contribution in [-0.4, -0.2) is 0 Å². The van der Waals surface area contributed by atoms with E-state index in [4.69, 9.17) is 0 Å². The van der Waals surface area contributed by atoms with Crippen molar-refractivity contribution in [1.29, 1.82) is 0 Å². The van der Waals surface area contributed by atoms with Crippen LogP contribution < -0.4 is 0 Å². The fourth-order valence-corrected chi connectivity index (χ4v) is 1.90. The minimum Gasteiger partial charge on any atom is -0.0628 e. The summed E-state index contributed by atoms with van der Waals surface area (Å²) >= 11 is 0. The molecule has 0 aliphatic carbocycles. The Bertz CT molecular complexity index is 112. The van der Waals surface area contributed by atoms with Crippen LogP contribution in [0.3, 0.4) is 0 Å². The van der Waals surface area contributed by atoms with Gasteiger partial charge in [-0.2, -0.15) is 0 Å². The summed E-state index contributed by atoms with van der Waals surface area (Å²) in [6.07, 6.45) is 1.24. The molecule has 73 valence electrons. The van der Waals surface area contributed by atoms with Crippen LogP contribution in [0.4, 0.5) is 0 Å². The van der Waals surface area contributed by atoms with Crippen LogP contribution >= 0.6 is 0 Å². The van der Waals surface area contributed by atoms with Crippen LogP contribution in [0.25, 0.3) is 0 Å². The first-order chi connectivity index (χ1) is 5.30. The third-order valence-corrected chi connectivity index (χ3v) is 3.09. The van der Waals surface area contributed by atoms with Gasteiger partial charge in [-0.1, -0.05) is 41.5 Å². The van der Waals surface area contributed by atoms with Crippen molar-refractivity contribution < 1.29 is 0 Å². The Morgan fingerprint density at radius 3 is 1.33 bits per heavy atom. The minimum absolute atomic E-state index is 0.272. The van der Waals surface area contributed by atoms with Crippen molar-refractivity contribution >= 4 is 0 Å². The lowest BCUT2D eigenvalue weighted by Gasteiger charge is -2.39. The average Bonchev–Trinajstić information content (AvgIpc) is 1.84. The fraction of sp³-hybridized carbons (Fsp3) is 0.917. The summed E-state index contributed by atoms with van der Waals surface area (Å²) in [6.45, 7) is 18.1. The van der Waals surface area contributed by atoms with E-state index in [0.717, 1.165) is 5.92 Å². The lowest BCUT2D eigenvalue weighted by Crippen LogP contribution is -2.31. The van der Waals surface area contributed by atoms with E-state index < -0.39 is 0 Å². The van der Waals surface area contributed by atoms with Gasteiger partial charge in [0, 0.05) is 0 Å². The highest BCUT2D eigenvalue weighted by atomic mass is 14.4. The Kier molecular flexibility index (Phi) is 4.30. The van der Waals surface area contributed by atoms with Crippen LogP contribution in [0.15, 0.2) is 0 Å². The summed E-state index contributed by atoms with van der Waals surface area (Å²) in [7, 11) is 0. The molecule has 0 aliphatic heterocycles. The van der Waals surface area contributed by atoms with Crippen molar-refractivity contribution in [1.82, 2.24) is 0 Å². The number of hydrogen-bond acceptors (Lipinski definition) is 0. The third-order valence-electron chi connectivity index (χ3n) is 3.09. The standard InChI is InChI=1S/C12H25/c1-9(2)8-12(7,10(3)4)11(5)6/h9-11H,7-8H2,1-6H3. The zero-order valence-electron chi connectivity index (χ0n) is 9.65. The van der Waals surface area contributed by atoms with Crippen LogP contribution in [0.1, 0.15) is 48.0 Å². The SMILES string of the molecule is [CH2]C(CC(C)C)(C(C)C)C(C)C. The molecule has 0 heteroatoms. The maximum absolute atomic E-state index is 4.41. The fourth-order valence-electron chi connectivity index (χ4n) is 1.90. The first kappa shape index (κ1) is 12.0. The molecule has 0 rings (SSSR count). The maximum atomic E-state index is 4.41. The zero-order chi connectivity index (χ0) is 9.94. The second-order valence-corrected chi connectivity index (χ2v) is 5.14. The minimum atomic E-state index is 0.272. The molecule has 0 heterocycles. The molecule has 0 aromatic heterocycles. The highest BCUT2D eigenvalue weighted by molar-refractivity contribution is 4.88. The molecular formula is C12H25. The molecule has 0 bridgehead atoms. The Morgan fingerprint density at radius 2 is 1.25 bits per heavy atom. The molecule has 0 aromatic rings. The second-order valence-electron chi connectivity index (χ2n) is 5.14. The van der Waals surface area contributed by atoms with E-state index in [-0.39, 0.29) is 5.41 Å². The Labute approximate surface area is 78.8 Å². The van der Waals surface area contributed by atoms with Gasteiger partial charge in [-0.3, -0.25) is 0 Å². The first-order valence-electron chi connectivity index (χ1n) is 5.16. The third kappa shape index (κ3) is 2.80. The average molecular weight is 169 g/mol. The number of rotatable bonds is 4. The number of hydrogen-bond donors (Lipinski definition) is 0. The lowest BCUT2D eigenvalue weighted by molar-refractivity contribution is 0.138. The lowest BCUT2D eigenvalue weighted by atomic mass is 9.66. The summed E-state index contributed by atoms with van der Waals surface area (Å²) < 4.78 is 0. The molecule has 0 aliphatic rings. The maximum Gasteiger partial charge on any atom is -0.0249 e. The van der Waals surface area contributed by atoms with Gasteiger partial charge in [0.2, 0.25) is 0 Å². The van der Waals surface area contributed by atoms with E-state index in [1.807, 2.05) is 0 Å². The highest BCUT2D eigenvalue weighted by Gasteiger charge is 2.32. The van der Waals surface area contributed by atoms with Crippen molar-refractivity contribution in [3.63, 3.8) is 0 Å². The van der Waals surface area contributed by atoms with Gasteiger partial charge in [-0.15, -0.1) is 0 Å². The molecule has 0 nitrogen and oxygen atoms in total. The van der Waals surface area contributed by atoms with Crippen molar-refractivity contribution in [2.75, 3.05) is 0 Å². The van der Waals surface area contributed by atoms with E-state index in [1.165, 1.54) is 6.42 Å². The van der Waals surface area contributed by atoms with Gasteiger partial charge in [0.25, 0.3) is 0 Å². The monoisotopic (exact) mass is 169 g/mol. The topological polar surface area (TPSA) is 0 Å². The van der Waals surface area contributed by atoms with E-state index in [2.05, 4.69) is 48.5 Å². The van der Waals surface area contributed by atoms with Crippen molar-refractivity contribution in [3.05, 3.63) is 6.92 Å². The zero-order valence-corrected chi connectivity index (χ0v) is 9.65. The normalized spacial score (nSPS) is 13.5.